The maximum Gasteiger partial charge on any atom is 0.410 e. The van der Waals surface area contributed by atoms with Gasteiger partial charge in [0, 0.05) is 57.1 Å². The van der Waals surface area contributed by atoms with Crippen molar-refractivity contribution in [3.63, 3.8) is 0 Å². The van der Waals surface area contributed by atoms with Crippen LogP contribution in [0.1, 0.15) is 39.1 Å². The Morgan fingerprint density at radius 1 is 1.03 bits per heavy atom. The van der Waals surface area contributed by atoms with Gasteiger partial charge in [0.25, 0.3) is 0 Å². The SMILES string of the molecule is CCc1nccc(-c2ccc3nc(Nc4cc(CN5CCN(C(=O)OC(C)(C)C)CC5)ccn4)[nH]c3c2)n1. The van der Waals surface area contributed by atoms with Crippen LogP contribution in [-0.4, -0.2) is 72.6 Å². The van der Waals surface area contributed by atoms with Crippen molar-refractivity contribution in [1.82, 2.24) is 34.7 Å². The minimum Gasteiger partial charge on any atom is -0.444 e. The molecule has 1 aliphatic rings. The second-order valence-electron chi connectivity index (χ2n) is 10.4. The number of aromatic amines is 1. The van der Waals surface area contributed by atoms with E-state index in [1.807, 2.05) is 58.0 Å². The van der Waals surface area contributed by atoms with Crippen LogP contribution in [0.25, 0.3) is 22.3 Å². The van der Waals surface area contributed by atoms with Gasteiger partial charge in [0.1, 0.15) is 17.2 Å². The summed E-state index contributed by atoms with van der Waals surface area (Å²) in [4.78, 5) is 37.9. The number of nitrogens with zero attached hydrogens (tertiary/aromatic N) is 6. The summed E-state index contributed by atoms with van der Waals surface area (Å²) in [5, 5.41) is 3.30. The molecule has 1 aliphatic heterocycles. The molecule has 0 bridgehead atoms. The molecule has 0 saturated carbocycles. The molecule has 0 radical (unpaired) electrons. The number of nitrogens with one attached hydrogen (secondary N) is 2. The highest BCUT2D eigenvalue weighted by atomic mass is 16.6. The lowest BCUT2D eigenvalue weighted by Gasteiger charge is -2.35. The molecule has 4 aromatic rings. The number of carbonyl (C=O) groups is 1. The molecule has 10 nitrogen and oxygen atoms in total. The molecule has 0 atom stereocenters. The van der Waals surface area contributed by atoms with E-state index in [9.17, 15) is 4.79 Å². The average Bonchev–Trinajstić information content (AvgIpc) is 3.30. The Balaban J connectivity index is 1.21. The van der Waals surface area contributed by atoms with Crippen molar-refractivity contribution in [3.8, 4) is 11.3 Å². The summed E-state index contributed by atoms with van der Waals surface area (Å²) < 4.78 is 5.50. The molecule has 0 aliphatic carbocycles. The van der Waals surface area contributed by atoms with Gasteiger partial charge < -0.3 is 19.9 Å². The van der Waals surface area contributed by atoms with Gasteiger partial charge in [-0.1, -0.05) is 13.0 Å². The number of ether oxygens (including phenoxy) is 1. The molecule has 1 amide bonds. The molecule has 38 heavy (non-hydrogen) atoms. The first-order valence-electron chi connectivity index (χ1n) is 13.0. The van der Waals surface area contributed by atoms with Crippen molar-refractivity contribution < 1.29 is 9.53 Å². The molecule has 5 rings (SSSR count). The van der Waals surface area contributed by atoms with Gasteiger partial charge >= 0.3 is 6.09 Å². The number of rotatable bonds is 6. The van der Waals surface area contributed by atoms with Crippen LogP contribution in [0.3, 0.4) is 0 Å². The van der Waals surface area contributed by atoms with Gasteiger partial charge in [0.2, 0.25) is 5.95 Å². The van der Waals surface area contributed by atoms with Crippen LogP contribution in [0.2, 0.25) is 0 Å². The number of amides is 1. The number of H-pyrrole nitrogens is 1. The number of piperazine rings is 1. The highest BCUT2D eigenvalue weighted by Gasteiger charge is 2.25. The largest absolute Gasteiger partial charge is 0.444 e. The van der Waals surface area contributed by atoms with Crippen LogP contribution in [0.15, 0.2) is 48.8 Å². The molecule has 3 aromatic heterocycles. The molecule has 1 aromatic carbocycles. The van der Waals surface area contributed by atoms with E-state index in [4.69, 9.17) is 4.74 Å². The highest BCUT2D eigenvalue weighted by molar-refractivity contribution is 5.83. The third kappa shape index (κ3) is 6.25. The fourth-order valence-electron chi connectivity index (χ4n) is 4.39. The second kappa shape index (κ2) is 10.7. The molecule has 1 fully saturated rings. The quantitative estimate of drug-likeness (QED) is 0.378. The number of hydrogen-bond acceptors (Lipinski definition) is 8. The zero-order valence-electron chi connectivity index (χ0n) is 22.4. The van der Waals surface area contributed by atoms with Crippen molar-refractivity contribution in [2.24, 2.45) is 0 Å². The molecule has 198 valence electrons. The summed E-state index contributed by atoms with van der Waals surface area (Å²) in [5.74, 6) is 2.17. The van der Waals surface area contributed by atoms with Crippen LogP contribution < -0.4 is 5.32 Å². The minimum atomic E-state index is -0.480. The highest BCUT2D eigenvalue weighted by Crippen LogP contribution is 2.24. The van der Waals surface area contributed by atoms with Gasteiger partial charge in [-0.15, -0.1) is 0 Å². The van der Waals surface area contributed by atoms with Crippen molar-refractivity contribution in [2.75, 3.05) is 31.5 Å². The van der Waals surface area contributed by atoms with E-state index in [-0.39, 0.29) is 6.09 Å². The summed E-state index contributed by atoms with van der Waals surface area (Å²) in [5.41, 5.74) is 4.34. The van der Waals surface area contributed by atoms with Crippen LogP contribution in [0.5, 0.6) is 0 Å². The predicted molar refractivity (Wildman–Crippen MR) is 147 cm³/mol. The monoisotopic (exact) mass is 514 g/mol. The number of anilines is 2. The zero-order chi connectivity index (χ0) is 26.7. The minimum absolute atomic E-state index is 0.242. The fraction of sp³-hybridized carbons (Fsp3) is 0.393. The first kappa shape index (κ1) is 25.6. The van der Waals surface area contributed by atoms with Gasteiger partial charge in [0.05, 0.1) is 16.7 Å². The average molecular weight is 515 g/mol. The van der Waals surface area contributed by atoms with E-state index in [1.54, 1.807) is 17.3 Å². The Bertz CT molecular complexity index is 1420. The Hall–Kier alpha value is -4.05. The van der Waals surface area contributed by atoms with E-state index >= 15 is 0 Å². The van der Waals surface area contributed by atoms with E-state index in [0.717, 1.165) is 65.6 Å². The van der Waals surface area contributed by atoms with Gasteiger partial charge in [0.15, 0.2) is 0 Å². The number of aromatic nitrogens is 5. The summed E-state index contributed by atoms with van der Waals surface area (Å²) in [7, 11) is 0. The molecule has 1 saturated heterocycles. The fourth-order valence-corrected chi connectivity index (χ4v) is 4.39. The number of imidazole rings is 1. The van der Waals surface area contributed by atoms with E-state index in [1.165, 1.54) is 0 Å². The van der Waals surface area contributed by atoms with Crippen molar-refractivity contribution in [1.29, 1.82) is 0 Å². The first-order chi connectivity index (χ1) is 18.3. The van der Waals surface area contributed by atoms with E-state index < -0.39 is 5.60 Å². The van der Waals surface area contributed by atoms with Crippen molar-refractivity contribution in [3.05, 3.63) is 60.2 Å². The van der Waals surface area contributed by atoms with E-state index in [2.05, 4.69) is 41.2 Å². The molecule has 10 heteroatoms. The van der Waals surface area contributed by atoms with Crippen LogP contribution in [0.4, 0.5) is 16.6 Å². The topological polar surface area (TPSA) is 112 Å². The Morgan fingerprint density at radius 2 is 1.82 bits per heavy atom. The zero-order valence-corrected chi connectivity index (χ0v) is 22.4. The molecule has 0 spiro atoms. The second-order valence-corrected chi connectivity index (χ2v) is 10.4. The van der Waals surface area contributed by atoms with Gasteiger partial charge in [-0.2, -0.15) is 0 Å². The molecular formula is C28H34N8O2. The van der Waals surface area contributed by atoms with Crippen molar-refractivity contribution in [2.45, 2.75) is 46.3 Å². The molecule has 2 N–H and O–H groups in total. The molecule has 0 unspecified atom stereocenters. The number of hydrogen-bond donors (Lipinski definition) is 2. The molecular weight excluding hydrogens is 480 g/mol. The maximum absolute atomic E-state index is 12.3. The third-order valence-corrected chi connectivity index (χ3v) is 6.30. The lowest BCUT2D eigenvalue weighted by molar-refractivity contribution is 0.0139. The number of fused-ring (bicyclic) bond motifs is 1. The van der Waals surface area contributed by atoms with Crippen LogP contribution in [0, 0.1) is 0 Å². The number of benzene rings is 1. The van der Waals surface area contributed by atoms with Gasteiger partial charge in [-0.3, -0.25) is 4.90 Å². The Morgan fingerprint density at radius 3 is 2.58 bits per heavy atom. The van der Waals surface area contributed by atoms with E-state index in [0.29, 0.717) is 19.0 Å². The Kier molecular flexibility index (Phi) is 7.24. The van der Waals surface area contributed by atoms with Gasteiger partial charge in [-0.25, -0.2) is 24.7 Å². The third-order valence-electron chi connectivity index (χ3n) is 6.30. The number of pyridine rings is 1. The summed E-state index contributed by atoms with van der Waals surface area (Å²) in [6.07, 6.45) is 4.15. The maximum atomic E-state index is 12.3. The Labute approximate surface area is 222 Å². The summed E-state index contributed by atoms with van der Waals surface area (Å²) >= 11 is 0. The van der Waals surface area contributed by atoms with Crippen LogP contribution in [-0.2, 0) is 17.7 Å². The lowest BCUT2D eigenvalue weighted by Crippen LogP contribution is -2.49. The first-order valence-corrected chi connectivity index (χ1v) is 13.0. The van der Waals surface area contributed by atoms with Crippen LogP contribution >= 0.6 is 0 Å². The normalized spacial score (nSPS) is 14.6. The number of aryl methyl sites for hydroxylation is 1. The number of carbonyl (C=O) groups excluding carboxylic acids is 1. The standard InChI is InChI=1S/C28H34N8O2/c1-5-24-29-11-9-21(31-24)20-6-7-22-23(17-20)33-26(32-22)34-25-16-19(8-10-30-25)18-35-12-14-36(15-13-35)27(37)38-28(2,3)4/h6-11,16-17H,5,12-15,18H2,1-4H3,(H2,30,32,33,34). The predicted octanol–water partition coefficient (Wildman–Crippen LogP) is 4.77. The lowest BCUT2D eigenvalue weighted by atomic mass is 10.1. The molecule has 4 heterocycles. The smallest absolute Gasteiger partial charge is 0.410 e. The summed E-state index contributed by atoms with van der Waals surface area (Å²) in [6, 6.07) is 12.0. The van der Waals surface area contributed by atoms with Crippen molar-refractivity contribution >= 4 is 28.9 Å². The van der Waals surface area contributed by atoms with Gasteiger partial charge in [-0.05, 0) is 56.7 Å². The summed E-state index contributed by atoms with van der Waals surface area (Å²) in [6.45, 7) is 11.4.